The van der Waals surface area contributed by atoms with Gasteiger partial charge in [0.2, 0.25) is 0 Å². The lowest BCUT2D eigenvalue weighted by Crippen LogP contribution is -2.03. The van der Waals surface area contributed by atoms with Gasteiger partial charge in [0.15, 0.2) is 0 Å². The summed E-state index contributed by atoms with van der Waals surface area (Å²) in [7, 11) is 0. The van der Waals surface area contributed by atoms with E-state index in [1.54, 1.807) is 0 Å². The van der Waals surface area contributed by atoms with E-state index in [4.69, 9.17) is 5.11 Å². The lowest BCUT2D eigenvalue weighted by molar-refractivity contribution is -0.138. The van der Waals surface area contributed by atoms with Crippen molar-refractivity contribution in [3.8, 4) is 11.3 Å². The zero-order valence-corrected chi connectivity index (χ0v) is 12.5. The van der Waals surface area contributed by atoms with Crippen LogP contribution in [0, 0.1) is 12.8 Å². The van der Waals surface area contributed by atoms with E-state index in [9.17, 15) is 4.79 Å². The molecule has 1 aliphatic carbocycles. The number of aromatic nitrogens is 2. The summed E-state index contributed by atoms with van der Waals surface area (Å²) in [6.45, 7) is 1.91. The number of nitrogens with zero attached hydrogens (tertiary/aromatic N) is 2. The number of aliphatic carboxylic acids is 1. The third-order valence-corrected chi connectivity index (χ3v) is 3.98. The Bertz CT molecular complexity index is 670. The Morgan fingerprint density at radius 3 is 2.60 bits per heavy atom. The first kappa shape index (κ1) is 13.2. The Morgan fingerprint density at radius 2 is 2.00 bits per heavy atom. The zero-order valence-electron chi connectivity index (χ0n) is 10.9. The first-order chi connectivity index (χ1) is 9.54. The van der Waals surface area contributed by atoms with Crippen molar-refractivity contribution < 1.29 is 9.90 Å². The minimum absolute atomic E-state index is 0.0402. The molecule has 1 fully saturated rings. The van der Waals surface area contributed by atoms with Crippen molar-refractivity contribution in [3.05, 3.63) is 46.3 Å². The predicted octanol–water partition coefficient (Wildman–Crippen LogP) is 3.40. The van der Waals surface area contributed by atoms with E-state index in [2.05, 4.69) is 25.9 Å². The molecule has 0 aliphatic heterocycles. The van der Waals surface area contributed by atoms with Gasteiger partial charge < -0.3 is 5.11 Å². The number of carbonyl (C=O) groups is 1. The van der Waals surface area contributed by atoms with Gasteiger partial charge in [0.05, 0.1) is 11.6 Å². The van der Waals surface area contributed by atoms with Gasteiger partial charge in [-0.15, -0.1) is 0 Å². The molecule has 2 aromatic rings. The molecule has 102 valence electrons. The second-order valence-electron chi connectivity index (χ2n) is 5.05. The molecule has 4 nitrogen and oxygen atoms in total. The van der Waals surface area contributed by atoms with Crippen molar-refractivity contribution in [1.29, 1.82) is 0 Å². The van der Waals surface area contributed by atoms with Crippen LogP contribution in [0.5, 0.6) is 0 Å². The highest BCUT2D eigenvalue weighted by atomic mass is 79.9. The maximum atomic E-state index is 11.0. The van der Waals surface area contributed by atoms with Crippen LogP contribution < -0.4 is 0 Å². The van der Waals surface area contributed by atoms with E-state index < -0.39 is 5.97 Å². The largest absolute Gasteiger partial charge is 0.481 e. The molecule has 1 N–H and O–H groups in total. The van der Waals surface area contributed by atoms with Crippen molar-refractivity contribution in [2.24, 2.45) is 5.92 Å². The number of halogens is 1. The summed E-state index contributed by atoms with van der Waals surface area (Å²) >= 11 is 3.41. The van der Waals surface area contributed by atoms with Crippen molar-refractivity contribution in [1.82, 2.24) is 9.97 Å². The normalized spacial score (nSPS) is 20.7. The Labute approximate surface area is 125 Å². The third kappa shape index (κ3) is 2.58. The summed E-state index contributed by atoms with van der Waals surface area (Å²) in [4.78, 5) is 19.9. The van der Waals surface area contributed by atoms with Crippen LogP contribution in [0.15, 0.2) is 34.8 Å². The quantitative estimate of drug-likeness (QED) is 0.935. The molecule has 5 heteroatoms. The van der Waals surface area contributed by atoms with Gasteiger partial charge in [-0.2, -0.15) is 0 Å². The summed E-state index contributed by atoms with van der Waals surface area (Å²) in [5, 5.41) is 9.01. The highest BCUT2D eigenvalue weighted by Crippen LogP contribution is 2.46. The van der Waals surface area contributed by atoms with Crippen LogP contribution in [-0.4, -0.2) is 21.0 Å². The summed E-state index contributed by atoms with van der Waals surface area (Å²) < 4.78 is 1.01. The molecular formula is C15H13BrN2O2. The van der Waals surface area contributed by atoms with Gasteiger partial charge >= 0.3 is 5.97 Å². The number of hydrogen-bond acceptors (Lipinski definition) is 3. The van der Waals surface area contributed by atoms with Crippen LogP contribution in [-0.2, 0) is 4.79 Å². The standard InChI is InChI=1S/C15H13BrN2O2/c1-8-6-13(9-2-4-10(16)5-3-9)18-14(17-8)11-7-12(11)15(19)20/h2-6,11-12H,7H2,1H3,(H,19,20). The van der Waals surface area contributed by atoms with Crippen LogP contribution in [0.2, 0.25) is 0 Å². The third-order valence-electron chi connectivity index (χ3n) is 3.45. The summed E-state index contributed by atoms with van der Waals surface area (Å²) in [5.41, 5.74) is 2.72. The van der Waals surface area contributed by atoms with E-state index >= 15 is 0 Å². The monoisotopic (exact) mass is 332 g/mol. The maximum Gasteiger partial charge on any atom is 0.307 e. The Hall–Kier alpha value is -1.75. The SMILES string of the molecule is Cc1cc(-c2ccc(Br)cc2)nc(C2CC2C(=O)O)n1. The van der Waals surface area contributed by atoms with Crippen LogP contribution in [0.1, 0.15) is 23.9 Å². The highest BCUT2D eigenvalue weighted by Gasteiger charge is 2.46. The summed E-state index contributed by atoms with van der Waals surface area (Å²) in [6.07, 6.45) is 0.637. The Kier molecular flexibility index (Phi) is 3.30. The van der Waals surface area contributed by atoms with E-state index in [-0.39, 0.29) is 11.8 Å². The molecule has 0 amide bonds. The summed E-state index contributed by atoms with van der Waals surface area (Å²) in [6, 6.07) is 9.81. The molecule has 3 rings (SSSR count). The molecule has 20 heavy (non-hydrogen) atoms. The number of benzene rings is 1. The van der Waals surface area contributed by atoms with E-state index in [1.165, 1.54) is 0 Å². The molecule has 2 atom stereocenters. The maximum absolute atomic E-state index is 11.0. The van der Waals surface area contributed by atoms with Crippen LogP contribution in [0.25, 0.3) is 11.3 Å². The minimum Gasteiger partial charge on any atom is -0.481 e. The van der Waals surface area contributed by atoms with Gasteiger partial charge in [0, 0.05) is 21.6 Å². The molecule has 0 bridgehead atoms. The predicted molar refractivity (Wildman–Crippen MR) is 78.4 cm³/mol. The topological polar surface area (TPSA) is 63.1 Å². The molecule has 1 aliphatic rings. The van der Waals surface area contributed by atoms with E-state index in [0.717, 1.165) is 21.4 Å². The Morgan fingerprint density at radius 1 is 1.30 bits per heavy atom. The Balaban J connectivity index is 1.95. The average molecular weight is 333 g/mol. The fraction of sp³-hybridized carbons (Fsp3) is 0.267. The molecule has 1 aromatic carbocycles. The van der Waals surface area contributed by atoms with Gasteiger partial charge in [0.25, 0.3) is 0 Å². The van der Waals surface area contributed by atoms with Crippen LogP contribution in [0.4, 0.5) is 0 Å². The van der Waals surface area contributed by atoms with E-state index in [1.807, 2.05) is 37.3 Å². The molecule has 1 saturated carbocycles. The van der Waals surface area contributed by atoms with Crippen molar-refractivity contribution >= 4 is 21.9 Å². The minimum atomic E-state index is -0.759. The van der Waals surface area contributed by atoms with Gasteiger partial charge in [-0.3, -0.25) is 4.79 Å². The molecule has 1 heterocycles. The number of rotatable bonds is 3. The van der Waals surface area contributed by atoms with Crippen molar-refractivity contribution in [2.45, 2.75) is 19.3 Å². The molecule has 0 saturated heterocycles. The van der Waals surface area contributed by atoms with Crippen molar-refractivity contribution in [2.75, 3.05) is 0 Å². The number of aryl methyl sites for hydroxylation is 1. The van der Waals surface area contributed by atoms with Gasteiger partial charge in [0.1, 0.15) is 5.82 Å². The second-order valence-corrected chi connectivity index (χ2v) is 5.96. The summed E-state index contributed by atoms with van der Waals surface area (Å²) in [5.74, 6) is -0.475. The second kappa shape index (κ2) is 4.98. The molecular weight excluding hydrogens is 320 g/mol. The fourth-order valence-electron chi connectivity index (χ4n) is 2.28. The first-order valence-electron chi connectivity index (χ1n) is 6.39. The lowest BCUT2D eigenvalue weighted by atomic mass is 10.1. The van der Waals surface area contributed by atoms with Gasteiger partial charge in [-0.05, 0) is 31.5 Å². The van der Waals surface area contributed by atoms with Gasteiger partial charge in [-0.25, -0.2) is 9.97 Å². The zero-order chi connectivity index (χ0) is 14.3. The number of carboxylic acid groups (broad SMARTS) is 1. The molecule has 1 aromatic heterocycles. The van der Waals surface area contributed by atoms with Crippen LogP contribution in [0.3, 0.4) is 0 Å². The fourth-order valence-corrected chi connectivity index (χ4v) is 2.54. The molecule has 0 radical (unpaired) electrons. The smallest absolute Gasteiger partial charge is 0.307 e. The van der Waals surface area contributed by atoms with Gasteiger partial charge in [-0.1, -0.05) is 28.1 Å². The average Bonchev–Trinajstić information content (AvgIpc) is 3.19. The number of carboxylic acids is 1. The number of hydrogen-bond donors (Lipinski definition) is 1. The van der Waals surface area contributed by atoms with Crippen molar-refractivity contribution in [3.63, 3.8) is 0 Å². The lowest BCUT2D eigenvalue weighted by Gasteiger charge is -2.06. The highest BCUT2D eigenvalue weighted by molar-refractivity contribution is 9.10. The van der Waals surface area contributed by atoms with Crippen LogP contribution >= 0.6 is 15.9 Å². The first-order valence-corrected chi connectivity index (χ1v) is 7.18. The molecule has 2 unspecified atom stereocenters. The molecule has 0 spiro atoms. The van der Waals surface area contributed by atoms with E-state index in [0.29, 0.717) is 12.2 Å².